The van der Waals surface area contributed by atoms with Crippen molar-refractivity contribution in [1.29, 1.82) is 0 Å². The fourth-order valence-electron chi connectivity index (χ4n) is 4.08. The maximum atomic E-state index is 13.1. The van der Waals surface area contributed by atoms with Gasteiger partial charge in [-0.2, -0.15) is 0 Å². The van der Waals surface area contributed by atoms with E-state index in [2.05, 4.69) is 4.98 Å². The number of fused-ring (bicyclic) bond motifs is 1. The largest absolute Gasteiger partial charge is 0.393 e. The molecule has 1 saturated heterocycles. The van der Waals surface area contributed by atoms with Crippen molar-refractivity contribution >= 4 is 27.5 Å². The lowest BCUT2D eigenvalue weighted by Gasteiger charge is -2.33. The van der Waals surface area contributed by atoms with Gasteiger partial charge in [0.1, 0.15) is 4.83 Å². The molecule has 30 heavy (non-hydrogen) atoms. The molecule has 1 aliphatic heterocycles. The van der Waals surface area contributed by atoms with Gasteiger partial charge in [0.05, 0.1) is 17.8 Å². The molecule has 3 aromatic rings. The van der Waals surface area contributed by atoms with Gasteiger partial charge in [0.2, 0.25) is 5.91 Å². The van der Waals surface area contributed by atoms with Crippen molar-refractivity contribution in [3.63, 3.8) is 0 Å². The summed E-state index contributed by atoms with van der Waals surface area (Å²) < 4.78 is 1.55. The Kier molecular flexibility index (Phi) is 6.01. The Morgan fingerprint density at radius 1 is 1.27 bits per heavy atom. The first-order chi connectivity index (χ1) is 14.4. The summed E-state index contributed by atoms with van der Waals surface area (Å²) >= 11 is 1.47. The number of aliphatic hydroxyl groups is 1. The number of piperidine rings is 1. The maximum Gasteiger partial charge on any atom is 0.262 e. The van der Waals surface area contributed by atoms with Crippen LogP contribution in [0.15, 0.2) is 40.8 Å². The number of hydrogen-bond acceptors (Lipinski definition) is 5. The second-order valence-corrected chi connectivity index (χ2v) is 9.01. The molecule has 1 unspecified atom stereocenters. The topological polar surface area (TPSA) is 75.4 Å². The highest BCUT2D eigenvalue weighted by Crippen LogP contribution is 2.30. The quantitative estimate of drug-likeness (QED) is 0.679. The lowest BCUT2D eigenvalue weighted by atomic mass is 9.92. The highest BCUT2D eigenvalue weighted by molar-refractivity contribution is 7.17. The number of thiophene rings is 1. The van der Waals surface area contributed by atoms with E-state index < -0.39 is 0 Å². The number of nitrogens with zero attached hydrogens (tertiary/aromatic N) is 3. The minimum Gasteiger partial charge on any atom is -0.393 e. The zero-order chi connectivity index (χ0) is 21.3. The maximum absolute atomic E-state index is 13.1. The van der Waals surface area contributed by atoms with Crippen LogP contribution in [0.4, 0.5) is 0 Å². The zero-order valence-electron chi connectivity index (χ0n) is 17.4. The second-order valence-electron chi connectivity index (χ2n) is 8.15. The van der Waals surface area contributed by atoms with Crippen molar-refractivity contribution in [3.8, 4) is 11.1 Å². The number of likely N-dealkylation sites (tertiary alicyclic amines) is 1. The van der Waals surface area contributed by atoms with Gasteiger partial charge in [-0.15, -0.1) is 11.3 Å². The van der Waals surface area contributed by atoms with Crippen LogP contribution in [0.5, 0.6) is 0 Å². The Hall–Kier alpha value is -2.51. The number of hydrogen-bond donors (Lipinski definition) is 1. The van der Waals surface area contributed by atoms with Crippen molar-refractivity contribution < 1.29 is 9.90 Å². The number of carbonyl (C=O) groups excluding carboxylic acids is 1. The van der Waals surface area contributed by atoms with Gasteiger partial charge in [-0.3, -0.25) is 14.2 Å². The highest BCUT2D eigenvalue weighted by Gasteiger charge is 2.25. The number of amides is 1. The van der Waals surface area contributed by atoms with Crippen molar-refractivity contribution in [3.05, 3.63) is 51.9 Å². The molecule has 1 N–H and O–H groups in total. The van der Waals surface area contributed by atoms with Crippen LogP contribution in [0.1, 0.15) is 31.7 Å². The minimum atomic E-state index is -0.327. The SMILES string of the molecule is Cc1ccc(-c2csc3ncn(CCC(=O)N4CCC(C(C)O)CC4)c(=O)c23)cc1. The first-order valence-corrected chi connectivity index (χ1v) is 11.3. The van der Waals surface area contributed by atoms with Crippen molar-refractivity contribution in [2.45, 2.75) is 45.8 Å². The van der Waals surface area contributed by atoms with Crippen LogP contribution in [-0.4, -0.2) is 44.7 Å². The first kappa shape index (κ1) is 20.8. The summed E-state index contributed by atoms with van der Waals surface area (Å²) in [5.74, 6) is 0.317. The smallest absolute Gasteiger partial charge is 0.262 e. The van der Waals surface area contributed by atoms with Crippen molar-refractivity contribution in [2.24, 2.45) is 5.92 Å². The third-order valence-electron chi connectivity index (χ3n) is 6.06. The minimum absolute atomic E-state index is 0.0510. The van der Waals surface area contributed by atoms with Gasteiger partial charge in [0, 0.05) is 37.0 Å². The molecule has 1 amide bonds. The molecule has 0 bridgehead atoms. The molecule has 1 atom stereocenters. The normalized spacial score (nSPS) is 16.2. The van der Waals surface area contributed by atoms with Gasteiger partial charge in [-0.05, 0) is 38.2 Å². The van der Waals surface area contributed by atoms with Gasteiger partial charge in [-0.25, -0.2) is 4.98 Å². The molecule has 3 heterocycles. The average Bonchev–Trinajstić information content (AvgIpc) is 3.18. The molecule has 0 spiro atoms. The number of aromatic nitrogens is 2. The Morgan fingerprint density at radius 3 is 2.63 bits per heavy atom. The Bertz CT molecular complexity index is 1090. The first-order valence-electron chi connectivity index (χ1n) is 10.4. The second kappa shape index (κ2) is 8.70. The molecular weight excluding hydrogens is 398 g/mol. The summed E-state index contributed by atoms with van der Waals surface area (Å²) in [5, 5.41) is 12.3. The predicted molar refractivity (Wildman–Crippen MR) is 120 cm³/mol. The Morgan fingerprint density at radius 2 is 1.97 bits per heavy atom. The molecule has 0 aliphatic carbocycles. The third-order valence-corrected chi connectivity index (χ3v) is 6.95. The van der Waals surface area contributed by atoms with E-state index in [9.17, 15) is 14.7 Å². The predicted octanol–water partition coefficient (Wildman–Crippen LogP) is 3.44. The summed E-state index contributed by atoms with van der Waals surface area (Å²) in [6, 6.07) is 8.11. The lowest BCUT2D eigenvalue weighted by molar-refractivity contribution is -0.133. The van der Waals surface area contributed by atoms with Crippen LogP contribution in [0.2, 0.25) is 0 Å². The van der Waals surface area contributed by atoms with E-state index in [0.717, 1.165) is 28.8 Å². The summed E-state index contributed by atoms with van der Waals surface area (Å²) in [7, 11) is 0. The molecule has 0 radical (unpaired) electrons. The molecule has 7 heteroatoms. The van der Waals surface area contributed by atoms with E-state index in [1.54, 1.807) is 10.9 Å². The molecule has 1 aromatic carbocycles. The van der Waals surface area contributed by atoms with Gasteiger partial charge in [0.25, 0.3) is 5.56 Å². The molecular formula is C23H27N3O3S. The molecule has 4 rings (SSSR count). The molecule has 1 fully saturated rings. The summed E-state index contributed by atoms with van der Waals surface area (Å²) in [4.78, 5) is 32.8. The summed E-state index contributed by atoms with van der Waals surface area (Å²) in [6.45, 7) is 5.51. The number of carbonyl (C=O) groups is 1. The van der Waals surface area contributed by atoms with E-state index in [1.165, 1.54) is 16.9 Å². The van der Waals surface area contributed by atoms with E-state index >= 15 is 0 Å². The van der Waals surface area contributed by atoms with Crippen molar-refractivity contribution in [1.82, 2.24) is 14.5 Å². The number of rotatable bonds is 5. The van der Waals surface area contributed by atoms with Gasteiger partial charge >= 0.3 is 0 Å². The van der Waals surface area contributed by atoms with Crippen LogP contribution in [-0.2, 0) is 11.3 Å². The van der Waals surface area contributed by atoms with Crippen molar-refractivity contribution in [2.75, 3.05) is 13.1 Å². The molecule has 1 aliphatic rings. The number of aryl methyl sites for hydroxylation is 2. The zero-order valence-corrected chi connectivity index (χ0v) is 18.2. The van der Waals surface area contributed by atoms with Crippen LogP contribution in [0, 0.1) is 12.8 Å². The molecule has 2 aromatic heterocycles. The van der Waals surface area contributed by atoms with E-state index in [1.807, 2.05) is 48.4 Å². The summed E-state index contributed by atoms with van der Waals surface area (Å²) in [6.07, 6.45) is 3.15. The Balaban J connectivity index is 1.49. The van der Waals surface area contributed by atoms with Crippen LogP contribution in [0.3, 0.4) is 0 Å². The summed E-state index contributed by atoms with van der Waals surface area (Å²) in [5.41, 5.74) is 2.97. The monoisotopic (exact) mass is 425 g/mol. The molecule has 6 nitrogen and oxygen atoms in total. The Labute approximate surface area is 179 Å². The van der Waals surface area contributed by atoms with Crippen LogP contribution >= 0.6 is 11.3 Å². The van der Waals surface area contributed by atoms with Gasteiger partial charge in [0.15, 0.2) is 0 Å². The highest BCUT2D eigenvalue weighted by atomic mass is 32.1. The molecule has 158 valence electrons. The van der Waals surface area contributed by atoms with E-state index in [-0.39, 0.29) is 29.9 Å². The van der Waals surface area contributed by atoms with E-state index in [0.29, 0.717) is 25.0 Å². The number of benzene rings is 1. The van der Waals surface area contributed by atoms with E-state index in [4.69, 9.17) is 0 Å². The van der Waals surface area contributed by atoms with Crippen LogP contribution in [0.25, 0.3) is 21.3 Å². The van der Waals surface area contributed by atoms with Crippen LogP contribution < -0.4 is 5.56 Å². The average molecular weight is 426 g/mol. The fraction of sp³-hybridized carbons (Fsp3) is 0.435. The van der Waals surface area contributed by atoms with Gasteiger partial charge in [-0.1, -0.05) is 29.8 Å². The van der Waals surface area contributed by atoms with Gasteiger partial charge < -0.3 is 10.0 Å². The standard InChI is InChI=1S/C23H27N3O3S/c1-15-3-5-18(6-4-15)19-13-30-22-21(19)23(29)26(14-24-22)12-9-20(28)25-10-7-17(8-11-25)16(2)27/h3-6,13-14,16-17,27H,7-12H2,1-2H3. The lowest BCUT2D eigenvalue weighted by Crippen LogP contribution is -2.41. The molecule has 0 saturated carbocycles. The fourth-order valence-corrected chi connectivity index (χ4v) is 4.98. The third kappa shape index (κ3) is 4.18. The number of aliphatic hydroxyl groups excluding tert-OH is 1.